The van der Waals surface area contributed by atoms with Gasteiger partial charge in [0.1, 0.15) is 11.9 Å². The Labute approximate surface area is 292 Å². The summed E-state index contributed by atoms with van der Waals surface area (Å²) in [6.45, 7) is 6.65. The zero-order valence-electron chi connectivity index (χ0n) is 29.1. The van der Waals surface area contributed by atoms with Gasteiger partial charge in [0.15, 0.2) is 6.10 Å². The minimum Gasteiger partial charge on any atom is -0.472 e. The smallest absolute Gasteiger partial charge is 0.432 e. The lowest BCUT2D eigenvalue weighted by atomic mass is 9.37. The molecule has 2 aliphatic carbocycles. The number of furan rings is 1. The summed E-state index contributed by atoms with van der Waals surface area (Å²) in [6, 6.07) is 7.95. The van der Waals surface area contributed by atoms with Crippen molar-refractivity contribution in [3.8, 4) is 0 Å². The molecule has 1 aromatic carbocycles. The number of benzene rings is 1. The predicted octanol–water partition coefficient (Wildman–Crippen LogP) is 5.20. The number of carbonyl (C=O) groups excluding carboxylic acids is 4. The predicted molar refractivity (Wildman–Crippen MR) is 167 cm³/mol. The van der Waals surface area contributed by atoms with Gasteiger partial charge in [-0.15, -0.1) is 0 Å². The van der Waals surface area contributed by atoms with Crippen LogP contribution in [0.5, 0.6) is 0 Å². The lowest BCUT2D eigenvalue weighted by Crippen LogP contribution is -2.74. The van der Waals surface area contributed by atoms with E-state index in [1.165, 1.54) is 30.7 Å². The average Bonchev–Trinajstić information content (AvgIpc) is 3.77. The summed E-state index contributed by atoms with van der Waals surface area (Å²) in [5, 5.41) is 11.7. The number of alkyl halides is 3. The van der Waals surface area contributed by atoms with Gasteiger partial charge in [-0.25, -0.2) is 9.59 Å². The van der Waals surface area contributed by atoms with Crippen LogP contribution in [0.25, 0.3) is 0 Å². The fourth-order valence-corrected chi connectivity index (χ4v) is 11.4. The monoisotopic (exact) mass is 718 g/mol. The van der Waals surface area contributed by atoms with E-state index >= 15 is 13.2 Å². The molecule has 0 amide bonds. The van der Waals surface area contributed by atoms with Crippen molar-refractivity contribution < 1.29 is 65.6 Å². The summed E-state index contributed by atoms with van der Waals surface area (Å²) in [4.78, 5) is 55.8. The topological polar surface area (TPSA) is 148 Å². The number of aliphatic hydroxyl groups is 1. The Morgan fingerprint density at radius 3 is 2.29 bits per heavy atom. The summed E-state index contributed by atoms with van der Waals surface area (Å²) < 4.78 is 80.2. The molecule has 3 aliphatic heterocycles. The first-order valence-corrected chi connectivity index (χ1v) is 17.0. The van der Waals surface area contributed by atoms with Gasteiger partial charge >= 0.3 is 24.1 Å². The van der Waals surface area contributed by atoms with Crippen molar-refractivity contribution in [2.75, 3.05) is 14.2 Å². The lowest BCUT2D eigenvalue weighted by molar-refractivity contribution is -0.324. The Kier molecular flexibility index (Phi) is 7.78. The van der Waals surface area contributed by atoms with Gasteiger partial charge in [0, 0.05) is 52.2 Å². The molecule has 14 heteroatoms. The summed E-state index contributed by atoms with van der Waals surface area (Å²) in [5.74, 6) is -10.6. The van der Waals surface area contributed by atoms with Gasteiger partial charge in [-0.2, -0.15) is 13.2 Å². The Hall–Kier alpha value is -3.75. The van der Waals surface area contributed by atoms with Crippen molar-refractivity contribution in [1.82, 2.24) is 0 Å². The third kappa shape index (κ3) is 4.23. The van der Waals surface area contributed by atoms with E-state index in [-0.39, 0.29) is 12.8 Å². The molecule has 2 aromatic rings. The summed E-state index contributed by atoms with van der Waals surface area (Å²) >= 11 is 0. The van der Waals surface area contributed by atoms with Gasteiger partial charge in [-0.1, -0.05) is 58.0 Å². The minimum atomic E-state index is -5.35. The van der Waals surface area contributed by atoms with E-state index in [0.717, 1.165) is 26.4 Å². The van der Waals surface area contributed by atoms with Crippen LogP contribution < -0.4 is 0 Å². The van der Waals surface area contributed by atoms with Crippen LogP contribution in [-0.4, -0.2) is 66.7 Å². The Bertz CT molecular complexity index is 1760. The van der Waals surface area contributed by atoms with Crippen LogP contribution in [0.4, 0.5) is 13.2 Å². The van der Waals surface area contributed by atoms with E-state index in [1.54, 1.807) is 26.8 Å². The van der Waals surface area contributed by atoms with Crippen LogP contribution in [0.15, 0.2) is 53.3 Å². The van der Waals surface area contributed by atoms with Crippen LogP contribution in [-0.2, 0) is 48.5 Å². The Morgan fingerprint density at radius 1 is 1.02 bits per heavy atom. The molecule has 2 bridgehead atoms. The number of esters is 3. The van der Waals surface area contributed by atoms with Crippen molar-refractivity contribution in [1.29, 1.82) is 0 Å². The third-order valence-electron chi connectivity index (χ3n) is 13.4. The molecular formula is C37H41F3O11. The molecule has 51 heavy (non-hydrogen) atoms. The second-order valence-corrected chi connectivity index (χ2v) is 15.7. The molecule has 5 fully saturated rings. The number of fused-ring (bicyclic) bond motifs is 2. The molecule has 0 radical (unpaired) electrons. The normalized spacial score (nSPS) is 39.6. The van der Waals surface area contributed by atoms with Crippen molar-refractivity contribution in [3.05, 3.63) is 60.1 Å². The van der Waals surface area contributed by atoms with Crippen molar-refractivity contribution in [3.63, 3.8) is 0 Å². The quantitative estimate of drug-likeness (QED) is 0.298. The Morgan fingerprint density at radius 2 is 1.71 bits per heavy atom. The third-order valence-corrected chi connectivity index (χ3v) is 13.4. The molecule has 1 aromatic heterocycles. The highest BCUT2D eigenvalue weighted by Gasteiger charge is 2.90. The van der Waals surface area contributed by atoms with Crippen LogP contribution in [0, 0.1) is 39.9 Å². The minimum absolute atomic E-state index is 0.0905. The van der Waals surface area contributed by atoms with Gasteiger partial charge < -0.3 is 33.2 Å². The van der Waals surface area contributed by atoms with E-state index in [4.69, 9.17) is 28.1 Å². The highest BCUT2D eigenvalue weighted by atomic mass is 19.4. The number of ketones is 1. The van der Waals surface area contributed by atoms with Gasteiger partial charge in [0.05, 0.1) is 37.6 Å². The maximum absolute atomic E-state index is 15.3. The molecule has 1 N–H and O–H groups in total. The molecule has 5 aliphatic rings. The number of halogens is 3. The van der Waals surface area contributed by atoms with Gasteiger partial charge in [-0.3, -0.25) is 9.59 Å². The molecule has 1 unspecified atom stereocenters. The number of aliphatic hydroxyl groups excluding tert-OH is 1. The number of hydrogen-bond acceptors (Lipinski definition) is 11. The first-order chi connectivity index (χ1) is 23.8. The van der Waals surface area contributed by atoms with E-state index in [1.807, 2.05) is 6.92 Å². The summed E-state index contributed by atoms with van der Waals surface area (Å²) in [5.41, 5.74) is -9.03. The summed E-state index contributed by atoms with van der Waals surface area (Å²) in [7, 11) is 1.80. The van der Waals surface area contributed by atoms with E-state index in [0.29, 0.717) is 18.4 Å². The first-order valence-electron chi connectivity index (χ1n) is 17.0. The van der Waals surface area contributed by atoms with E-state index < -0.39 is 105 Å². The molecule has 7 rings (SSSR count). The zero-order valence-corrected chi connectivity index (χ0v) is 29.1. The van der Waals surface area contributed by atoms with Crippen molar-refractivity contribution >= 4 is 23.7 Å². The maximum atomic E-state index is 15.3. The van der Waals surface area contributed by atoms with Crippen LogP contribution in [0.2, 0.25) is 0 Å². The van der Waals surface area contributed by atoms with Gasteiger partial charge in [-0.05, 0) is 25.3 Å². The van der Waals surface area contributed by atoms with Crippen molar-refractivity contribution in [2.45, 2.75) is 88.8 Å². The highest BCUT2D eigenvalue weighted by Crippen LogP contribution is 2.81. The first kappa shape index (κ1) is 35.6. The standard InChI is InChI=1S/C37H41F3O11/c1-31(2)26(25(42)29(44)46-5)33(4)22-12-14-32(3)23(16-24(41)49-28(32)19-13-15-48-18-19)34(22)17-21(27(31)43)36(33,51-34)50-30(45)35(47-6,37(38,39)40)20-10-8-7-9-11-20/h7-11,13,15,18,21-23,25-26,28,42H,12,14,16-17H2,1-6H3/t21-,22+,23+,25-,26-,28-,32+,33+,34+,35-,36?/m0/s1. The molecule has 2 saturated carbocycles. The zero-order chi connectivity index (χ0) is 37.2. The lowest BCUT2D eigenvalue weighted by Gasteiger charge is -2.65. The number of rotatable bonds is 7. The largest absolute Gasteiger partial charge is 0.472 e. The number of ether oxygens (including phenoxy) is 5. The molecule has 11 atom stereocenters. The van der Waals surface area contributed by atoms with Crippen LogP contribution in [0.1, 0.15) is 70.6 Å². The van der Waals surface area contributed by atoms with E-state index in [9.17, 15) is 24.3 Å². The maximum Gasteiger partial charge on any atom is 0.432 e. The molecular weight excluding hydrogens is 677 g/mol. The number of hydrogen-bond donors (Lipinski definition) is 1. The van der Waals surface area contributed by atoms with E-state index in [2.05, 4.69) is 0 Å². The number of Topliss-reactive ketones (excluding diaryl/α,β-unsaturated/α-hetero) is 1. The molecule has 4 heterocycles. The highest BCUT2D eigenvalue weighted by molar-refractivity contribution is 5.92. The van der Waals surface area contributed by atoms with Gasteiger partial charge in [0.2, 0.25) is 5.79 Å². The SMILES string of the molecule is COC(=O)[C@@H](O)[C@H]1C(C)(C)C(=O)[C@@H]2C[C@@]34OC2(OC(=O)[C@@](OC)(c2ccccc2)C(F)(F)F)[C@]1(C)[C@H]3CC[C@]1(C)[C@H]4CC(=O)O[C@H]1c1ccoc1. The number of carbonyl (C=O) groups is 4. The molecule has 1 spiro atoms. The number of cyclic esters (lactones) is 1. The molecule has 11 nitrogen and oxygen atoms in total. The fraction of sp³-hybridized carbons (Fsp3) is 0.622. The molecule has 276 valence electrons. The van der Waals surface area contributed by atoms with Crippen LogP contribution in [0.3, 0.4) is 0 Å². The van der Waals surface area contributed by atoms with Crippen LogP contribution >= 0.6 is 0 Å². The fourth-order valence-electron chi connectivity index (χ4n) is 11.4. The summed E-state index contributed by atoms with van der Waals surface area (Å²) in [6.07, 6.45) is -4.74. The second kappa shape index (κ2) is 11.1. The van der Waals surface area contributed by atoms with Crippen molar-refractivity contribution in [2.24, 2.45) is 39.9 Å². The van der Waals surface area contributed by atoms with Gasteiger partial charge in [0.25, 0.3) is 5.60 Å². The molecule has 3 saturated heterocycles. The number of methoxy groups -OCH3 is 2. The Balaban J connectivity index is 1.46. The average molecular weight is 719 g/mol. The second-order valence-electron chi connectivity index (χ2n) is 15.7.